The Hall–Kier alpha value is -3.01. The molecule has 0 aliphatic rings. The van der Waals surface area contributed by atoms with E-state index in [1.807, 2.05) is 63.2 Å². The summed E-state index contributed by atoms with van der Waals surface area (Å²) < 4.78 is 3.00. The van der Waals surface area contributed by atoms with Crippen LogP contribution in [0.15, 0.2) is 35.5 Å². The van der Waals surface area contributed by atoms with Crippen molar-refractivity contribution in [3.63, 3.8) is 0 Å². The molecule has 0 unspecified atom stereocenters. The Morgan fingerprint density at radius 2 is 1.83 bits per heavy atom. The van der Waals surface area contributed by atoms with Gasteiger partial charge in [0.15, 0.2) is 0 Å². The minimum absolute atomic E-state index is 0.0117. The molecule has 2 N–H and O–H groups in total. The summed E-state index contributed by atoms with van der Waals surface area (Å²) in [4.78, 5) is 16.3. The number of thioether (sulfide) groups is 1. The average molecular weight is 415 g/mol. The zero-order valence-electron chi connectivity index (χ0n) is 17.3. The van der Waals surface area contributed by atoms with Crippen LogP contribution in [0.4, 0.5) is 5.69 Å². The second-order valence-corrected chi connectivity index (χ2v) is 8.03. The summed E-state index contributed by atoms with van der Waals surface area (Å²) in [5, 5.41) is 13.0. The third-order valence-corrected chi connectivity index (χ3v) is 5.40. The molecule has 1 amide bonds. The summed E-state index contributed by atoms with van der Waals surface area (Å²) in [6, 6.07) is 10.1. The molecular weight excluding hydrogens is 388 g/mol. The Labute approximate surface area is 174 Å². The monoisotopic (exact) mass is 414 g/mol. The van der Waals surface area contributed by atoms with Gasteiger partial charge in [-0.2, -0.15) is 5.10 Å². The second-order valence-electron chi connectivity index (χ2n) is 7.09. The standard InChI is InChI=1S/C19H26N8OS/c1-13-10-14(2)27(23-13)18-21-22-19(26(18)20)29-12-17(28)25(5)11-15-6-8-16(9-7-15)24(3)4/h6-10H,11-12,20H2,1-5H3. The van der Waals surface area contributed by atoms with E-state index in [9.17, 15) is 4.79 Å². The van der Waals surface area contributed by atoms with Gasteiger partial charge in [-0.1, -0.05) is 23.9 Å². The summed E-state index contributed by atoms with van der Waals surface area (Å²) >= 11 is 1.25. The molecule has 3 aromatic rings. The number of aromatic nitrogens is 5. The first-order valence-electron chi connectivity index (χ1n) is 9.13. The number of hydrogen-bond acceptors (Lipinski definition) is 7. The van der Waals surface area contributed by atoms with Crippen molar-refractivity contribution in [2.75, 3.05) is 37.6 Å². The number of nitrogen functional groups attached to an aromatic ring is 1. The summed E-state index contributed by atoms with van der Waals surface area (Å²) in [7, 11) is 5.79. The molecule has 0 saturated heterocycles. The summed E-state index contributed by atoms with van der Waals surface area (Å²) in [5.41, 5.74) is 3.98. The van der Waals surface area contributed by atoms with Crippen LogP contribution in [0.2, 0.25) is 0 Å². The van der Waals surface area contributed by atoms with Crippen LogP contribution in [0, 0.1) is 13.8 Å². The van der Waals surface area contributed by atoms with E-state index >= 15 is 0 Å². The van der Waals surface area contributed by atoms with Crippen LogP contribution in [0.25, 0.3) is 5.95 Å². The molecule has 9 nitrogen and oxygen atoms in total. The van der Waals surface area contributed by atoms with Gasteiger partial charge in [0.1, 0.15) is 0 Å². The van der Waals surface area contributed by atoms with E-state index in [0.29, 0.717) is 17.6 Å². The third kappa shape index (κ3) is 4.70. The van der Waals surface area contributed by atoms with Gasteiger partial charge in [-0.15, -0.1) is 10.2 Å². The van der Waals surface area contributed by atoms with Gasteiger partial charge in [-0.25, -0.2) is 9.36 Å². The van der Waals surface area contributed by atoms with Gasteiger partial charge >= 0.3 is 0 Å². The lowest BCUT2D eigenvalue weighted by Gasteiger charge is -2.18. The Morgan fingerprint density at radius 3 is 2.41 bits per heavy atom. The van der Waals surface area contributed by atoms with Crippen molar-refractivity contribution in [3.05, 3.63) is 47.3 Å². The Balaban J connectivity index is 1.59. The maximum Gasteiger partial charge on any atom is 0.271 e. The number of carbonyl (C=O) groups excluding carboxylic acids is 1. The molecule has 0 spiro atoms. The molecule has 2 heterocycles. The predicted molar refractivity (Wildman–Crippen MR) is 115 cm³/mol. The average Bonchev–Trinajstić information content (AvgIpc) is 3.20. The van der Waals surface area contributed by atoms with Crippen LogP contribution >= 0.6 is 11.8 Å². The molecule has 29 heavy (non-hydrogen) atoms. The second kappa shape index (κ2) is 8.56. The molecule has 0 aliphatic carbocycles. The van der Waals surface area contributed by atoms with Crippen LogP contribution in [0.1, 0.15) is 17.0 Å². The summed E-state index contributed by atoms with van der Waals surface area (Å²) in [6.07, 6.45) is 0. The fourth-order valence-corrected chi connectivity index (χ4v) is 3.63. The lowest BCUT2D eigenvalue weighted by molar-refractivity contribution is -0.127. The molecule has 0 aliphatic heterocycles. The van der Waals surface area contributed by atoms with Crippen LogP contribution in [-0.4, -0.2) is 62.4 Å². The molecule has 0 radical (unpaired) electrons. The number of rotatable bonds is 7. The molecule has 154 valence electrons. The fourth-order valence-electron chi connectivity index (χ4n) is 2.84. The van der Waals surface area contributed by atoms with E-state index in [1.165, 1.54) is 16.4 Å². The largest absolute Gasteiger partial charge is 0.378 e. The maximum absolute atomic E-state index is 12.5. The van der Waals surface area contributed by atoms with Gasteiger partial charge in [-0.3, -0.25) is 4.79 Å². The van der Waals surface area contributed by atoms with E-state index in [4.69, 9.17) is 5.84 Å². The van der Waals surface area contributed by atoms with Crippen LogP contribution in [0.5, 0.6) is 0 Å². The SMILES string of the molecule is Cc1cc(C)n(-c2nnc(SCC(=O)N(C)Cc3ccc(N(C)C)cc3)n2N)n1. The molecule has 0 atom stereocenters. The van der Waals surface area contributed by atoms with E-state index in [2.05, 4.69) is 15.3 Å². The van der Waals surface area contributed by atoms with Gasteiger partial charge in [0.25, 0.3) is 5.95 Å². The van der Waals surface area contributed by atoms with Crippen molar-refractivity contribution in [1.82, 2.24) is 29.6 Å². The third-order valence-electron chi connectivity index (χ3n) is 4.47. The van der Waals surface area contributed by atoms with Crippen molar-refractivity contribution in [2.24, 2.45) is 0 Å². The Bertz CT molecular complexity index is 992. The molecule has 3 rings (SSSR count). The number of carbonyl (C=O) groups is 1. The highest BCUT2D eigenvalue weighted by Crippen LogP contribution is 2.19. The normalized spacial score (nSPS) is 10.9. The van der Waals surface area contributed by atoms with Crippen molar-refractivity contribution in [3.8, 4) is 5.95 Å². The molecular formula is C19H26N8OS. The van der Waals surface area contributed by atoms with Crippen LogP contribution in [0.3, 0.4) is 0 Å². The first kappa shape index (κ1) is 20.7. The maximum atomic E-state index is 12.5. The minimum Gasteiger partial charge on any atom is -0.378 e. The number of amides is 1. The van der Waals surface area contributed by atoms with E-state index in [-0.39, 0.29) is 11.7 Å². The lowest BCUT2D eigenvalue weighted by atomic mass is 10.2. The minimum atomic E-state index is -0.0117. The number of nitrogens with zero attached hydrogens (tertiary/aromatic N) is 7. The zero-order valence-corrected chi connectivity index (χ0v) is 18.1. The number of aryl methyl sites for hydroxylation is 2. The zero-order chi connectivity index (χ0) is 21.1. The molecule has 0 fully saturated rings. The highest BCUT2D eigenvalue weighted by molar-refractivity contribution is 7.99. The van der Waals surface area contributed by atoms with Crippen molar-refractivity contribution >= 4 is 23.4 Å². The first-order valence-corrected chi connectivity index (χ1v) is 10.1. The first-order chi connectivity index (χ1) is 13.8. The topological polar surface area (TPSA) is 98.1 Å². The van der Waals surface area contributed by atoms with Crippen molar-refractivity contribution < 1.29 is 4.79 Å². The Kier molecular flexibility index (Phi) is 6.12. The predicted octanol–water partition coefficient (Wildman–Crippen LogP) is 1.61. The number of nitrogens with two attached hydrogens (primary N) is 1. The van der Waals surface area contributed by atoms with Crippen molar-refractivity contribution in [2.45, 2.75) is 25.5 Å². The molecule has 1 aromatic carbocycles. The van der Waals surface area contributed by atoms with Gasteiger partial charge in [0.05, 0.1) is 11.4 Å². The highest BCUT2D eigenvalue weighted by atomic mass is 32.2. The van der Waals surface area contributed by atoms with Crippen molar-refractivity contribution in [1.29, 1.82) is 0 Å². The fraction of sp³-hybridized carbons (Fsp3) is 0.368. The van der Waals surface area contributed by atoms with Gasteiger partial charge in [0, 0.05) is 39.1 Å². The van der Waals surface area contributed by atoms with E-state index in [1.54, 1.807) is 16.6 Å². The molecule has 10 heteroatoms. The van der Waals surface area contributed by atoms with E-state index in [0.717, 1.165) is 22.6 Å². The van der Waals surface area contributed by atoms with Crippen LogP contribution in [-0.2, 0) is 11.3 Å². The summed E-state index contributed by atoms with van der Waals surface area (Å²) in [6.45, 7) is 4.36. The molecule has 0 bridgehead atoms. The molecule has 0 saturated carbocycles. The Morgan fingerprint density at radius 1 is 1.14 bits per heavy atom. The number of hydrogen-bond donors (Lipinski definition) is 1. The van der Waals surface area contributed by atoms with Gasteiger partial charge in [-0.05, 0) is 37.6 Å². The van der Waals surface area contributed by atoms with E-state index < -0.39 is 0 Å². The quantitative estimate of drug-likeness (QED) is 0.463. The number of anilines is 1. The lowest BCUT2D eigenvalue weighted by Crippen LogP contribution is -2.28. The summed E-state index contributed by atoms with van der Waals surface area (Å²) in [5.74, 6) is 6.74. The van der Waals surface area contributed by atoms with Gasteiger partial charge < -0.3 is 15.6 Å². The molecule has 2 aromatic heterocycles. The van der Waals surface area contributed by atoms with Gasteiger partial charge in [0.2, 0.25) is 11.1 Å². The number of benzene rings is 1. The van der Waals surface area contributed by atoms with Crippen LogP contribution < -0.4 is 10.7 Å². The smallest absolute Gasteiger partial charge is 0.271 e. The highest BCUT2D eigenvalue weighted by Gasteiger charge is 2.17.